The van der Waals surface area contributed by atoms with Crippen molar-refractivity contribution < 1.29 is 4.74 Å². The molecule has 0 aromatic rings. The molecule has 2 rings (SSSR count). The highest BCUT2D eigenvalue weighted by atomic mass is 32.2. The molecule has 2 aliphatic heterocycles. The molecule has 2 nitrogen and oxygen atoms in total. The van der Waals surface area contributed by atoms with Crippen LogP contribution < -0.4 is 5.32 Å². The van der Waals surface area contributed by atoms with E-state index >= 15 is 0 Å². The van der Waals surface area contributed by atoms with E-state index in [1.54, 1.807) is 0 Å². The molecule has 2 aliphatic rings. The van der Waals surface area contributed by atoms with E-state index in [0.29, 0.717) is 0 Å². The second-order valence-corrected chi connectivity index (χ2v) is 6.02. The van der Waals surface area contributed by atoms with E-state index in [9.17, 15) is 0 Å². The third kappa shape index (κ3) is 3.11. The summed E-state index contributed by atoms with van der Waals surface area (Å²) >= 11 is 2.19. The van der Waals surface area contributed by atoms with Gasteiger partial charge in [-0.3, -0.25) is 0 Å². The summed E-state index contributed by atoms with van der Waals surface area (Å²) in [4.78, 5) is 0. The Bertz CT molecular complexity index is 158. The summed E-state index contributed by atoms with van der Waals surface area (Å²) in [6.07, 6.45) is 6.77. The predicted octanol–water partition coefficient (Wildman–Crippen LogP) is 2.29. The van der Waals surface area contributed by atoms with E-state index in [4.69, 9.17) is 4.74 Å². The number of nitrogens with one attached hydrogen (secondary N) is 1. The van der Waals surface area contributed by atoms with Crippen molar-refractivity contribution in [2.24, 2.45) is 5.92 Å². The zero-order valence-corrected chi connectivity index (χ0v) is 10.5. The quantitative estimate of drug-likeness (QED) is 0.802. The number of rotatable bonds is 3. The lowest BCUT2D eigenvalue weighted by molar-refractivity contribution is 0.0540. The van der Waals surface area contributed by atoms with Gasteiger partial charge >= 0.3 is 0 Å². The highest BCUT2D eigenvalue weighted by molar-refractivity contribution is 8.00. The molecule has 0 radical (unpaired) electrons. The number of thioether (sulfide) groups is 1. The highest BCUT2D eigenvalue weighted by Crippen LogP contribution is 2.33. The Hall–Kier alpha value is 0.270. The molecule has 0 aromatic heterocycles. The summed E-state index contributed by atoms with van der Waals surface area (Å²) in [5, 5.41) is 4.42. The summed E-state index contributed by atoms with van der Waals surface area (Å²) in [5.41, 5.74) is 0. The van der Waals surface area contributed by atoms with E-state index < -0.39 is 0 Å². The molecular weight excluding hydrogens is 206 g/mol. The number of hydrogen-bond acceptors (Lipinski definition) is 3. The third-order valence-corrected chi connectivity index (χ3v) is 5.20. The zero-order chi connectivity index (χ0) is 10.5. The highest BCUT2D eigenvalue weighted by Gasteiger charge is 2.30. The number of hydrogen-bond donors (Lipinski definition) is 1. The van der Waals surface area contributed by atoms with Crippen molar-refractivity contribution in [3.05, 3.63) is 0 Å². The van der Waals surface area contributed by atoms with E-state index in [1.165, 1.54) is 37.9 Å². The van der Waals surface area contributed by atoms with E-state index in [1.807, 2.05) is 0 Å². The molecule has 1 N–H and O–H groups in total. The van der Waals surface area contributed by atoms with Gasteiger partial charge in [0.1, 0.15) is 0 Å². The van der Waals surface area contributed by atoms with E-state index in [0.717, 1.165) is 30.4 Å². The molecule has 15 heavy (non-hydrogen) atoms. The average molecular weight is 229 g/mol. The molecule has 2 heterocycles. The normalized spacial score (nSPS) is 31.4. The van der Waals surface area contributed by atoms with Crippen LogP contribution in [0.2, 0.25) is 0 Å². The first kappa shape index (κ1) is 11.7. The van der Waals surface area contributed by atoms with Crippen molar-refractivity contribution in [3.63, 3.8) is 0 Å². The molecule has 3 heteroatoms. The van der Waals surface area contributed by atoms with Crippen LogP contribution in [0.4, 0.5) is 0 Å². The van der Waals surface area contributed by atoms with Crippen molar-refractivity contribution in [2.75, 3.05) is 26.0 Å². The maximum Gasteiger partial charge on any atom is 0.0469 e. The number of ether oxygens (including phenoxy) is 1. The lowest BCUT2D eigenvalue weighted by atomic mass is 9.88. The summed E-state index contributed by atoms with van der Waals surface area (Å²) in [6, 6.07) is 0.721. The van der Waals surface area contributed by atoms with Gasteiger partial charge in [-0.25, -0.2) is 0 Å². The van der Waals surface area contributed by atoms with Crippen LogP contribution in [0, 0.1) is 5.92 Å². The molecule has 2 unspecified atom stereocenters. The van der Waals surface area contributed by atoms with Gasteiger partial charge in [-0.15, -0.1) is 0 Å². The monoisotopic (exact) mass is 229 g/mol. The first-order chi connectivity index (χ1) is 7.42. The van der Waals surface area contributed by atoms with Crippen LogP contribution >= 0.6 is 11.8 Å². The van der Waals surface area contributed by atoms with E-state index in [-0.39, 0.29) is 0 Å². The molecule has 88 valence electrons. The summed E-state index contributed by atoms with van der Waals surface area (Å²) in [5.74, 6) is 2.21. The van der Waals surface area contributed by atoms with Crippen LogP contribution in [0.3, 0.4) is 0 Å². The molecule has 2 fully saturated rings. The van der Waals surface area contributed by atoms with Gasteiger partial charge in [0.05, 0.1) is 0 Å². The molecule has 2 saturated heterocycles. The van der Waals surface area contributed by atoms with Crippen LogP contribution in [-0.4, -0.2) is 37.3 Å². The third-order valence-electron chi connectivity index (χ3n) is 3.72. The van der Waals surface area contributed by atoms with Gasteiger partial charge in [-0.1, -0.05) is 6.42 Å². The van der Waals surface area contributed by atoms with Gasteiger partial charge in [-0.05, 0) is 44.4 Å². The Labute approximate surface area is 97.5 Å². The Morgan fingerprint density at radius 3 is 2.60 bits per heavy atom. The smallest absolute Gasteiger partial charge is 0.0469 e. The van der Waals surface area contributed by atoms with Crippen LogP contribution in [-0.2, 0) is 4.74 Å². The minimum absolute atomic E-state index is 0.721. The fourth-order valence-electron chi connectivity index (χ4n) is 2.85. The van der Waals surface area contributed by atoms with Gasteiger partial charge in [-0.2, -0.15) is 11.8 Å². The van der Waals surface area contributed by atoms with Crippen molar-refractivity contribution >= 4 is 11.8 Å². The maximum atomic E-state index is 5.45. The molecule has 2 atom stereocenters. The van der Waals surface area contributed by atoms with Crippen molar-refractivity contribution in [1.82, 2.24) is 5.32 Å². The fourth-order valence-corrected chi connectivity index (χ4v) is 4.42. The van der Waals surface area contributed by atoms with Gasteiger partial charge in [0.2, 0.25) is 0 Å². The Morgan fingerprint density at radius 1 is 1.20 bits per heavy atom. The SMILES string of the molecule is CNC(C1CCOCC1)C1CCCCS1. The largest absolute Gasteiger partial charge is 0.381 e. The topological polar surface area (TPSA) is 21.3 Å². The van der Waals surface area contributed by atoms with Gasteiger partial charge in [0.15, 0.2) is 0 Å². The molecule has 0 aliphatic carbocycles. The van der Waals surface area contributed by atoms with E-state index in [2.05, 4.69) is 24.1 Å². The van der Waals surface area contributed by atoms with Crippen LogP contribution in [0.1, 0.15) is 32.1 Å². The van der Waals surface area contributed by atoms with Gasteiger partial charge in [0.25, 0.3) is 0 Å². The molecule has 0 bridgehead atoms. The summed E-state index contributed by atoms with van der Waals surface area (Å²) in [6.45, 7) is 1.94. The van der Waals surface area contributed by atoms with Crippen molar-refractivity contribution in [3.8, 4) is 0 Å². The second-order valence-electron chi connectivity index (χ2n) is 4.67. The summed E-state index contributed by atoms with van der Waals surface area (Å²) in [7, 11) is 2.13. The lowest BCUT2D eigenvalue weighted by Crippen LogP contribution is -2.45. The minimum Gasteiger partial charge on any atom is -0.381 e. The molecule has 0 aromatic carbocycles. The summed E-state index contributed by atoms with van der Waals surface area (Å²) < 4.78 is 5.45. The zero-order valence-electron chi connectivity index (χ0n) is 9.71. The van der Waals surface area contributed by atoms with Gasteiger partial charge < -0.3 is 10.1 Å². The molecule has 0 amide bonds. The standard InChI is InChI=1S/C12H23NOS/c1-13-12(10-5-7-14-8-6-10)11-4-2-3-9-15-11/h10-13H,2-9H2,1H3. The predicted molar refractivity (Wildman–Crippen MR) is 66.5 cm³/mol. The first-order valence-electron chi connectivity index (χ1n) is 6.28. The second kappa shape index (κ2) is 6.12. The molecule has 0 saturated carbocycles. The maximum absolute atomic E-state index is 5.45. The van der Waals surface area contributed by atoms with Crippen molar-refractivity contribution in [2.45, 2.75) is 43.4 Å². The Balaban J connectivity index is 1.88. The van der Waals surface area contributed by atoms with Crippen LogP contribution in [0.15, 0.2) is 0 Å². The fraction of sp³-hybridized carbons (Fsp3) is 1.00. The molecule has 0 spiro atoms. The first-order valence-corrected chi connectivity index (χ1v) is 7.33. The Kier molecular flexibility index (Phi) is 4.79. The minimum atomic E-state index is 0.721. The lowest BCUT2D eigenvalue weighted by Gasteiger charge is -2.37. The van der Waals surface area contributed by atoms with Gasteiger partial charge in [0, 0.05) is 24.5 Å². The van der Waals surface area contributed by atoms with Crippen molar-refractivity contribution in [1.29, 1.82) is 0 Å². The Morgan fingerprint density at radius 2 is 2.00 bits per heavy atom. The average Bonchev–Trinajstić information content (AvgIpc) is 2.33. The van der Waals surface area contributed by atoms with Crippen LogP contribution in [0.5, 0.6) is 0 Å². The molecular formula is C12H23NOS. The van der Waals surface area contributed by atoms with Crippen LogP contribution in [0.25, 0.3) is 0 Å².